The molecule has 0 aliphatic carbocycles. The zero-order valence-corrected chi connectivity index (χ0v) is 6.98. The molecule has 0 heterocycles. The minimum atomic E-state index is -0.572. The van der Waals surface area contributed by atoms with Crippen LogP contribution in [0.15, 0.2) is 12.7 Å². The zero-order chi connectivity index (χ0) is 8.85. The molecule has 0 rings (SSSR count). The fourth-order valence-electron chi connectivity index (χ4n) is 0.445. The fraction of sp³-hybridized carbons (Fsp3) is 0.333. The highest BCUT2D eigenvalue weighted by atomic mass is 32.2. The van der Waals surface area contributed by atoms with Gasteiger partial charge < -0.3 is 10.5 Å². The van der Waals surface area contributed by atoms with E-state index >= 15 is 0 Å². The second-order valence-electron chi connectivity index (χ2n) is 1.66. The van der Waals surface area contributed by atoms with Gasteiger partial charge in [-0.1, -0.05) is 17.8 Å². The van der Waals surface area contributed by atoms with E-state index in [1.807, 2.05) is 0 Å². The molecule has 5 heteroatoms. The van der Waals surface area contributed by atoms with Crippen molar-refractivity contribution in [2.75, 3.05) is 7.11 Å². The highest BCUT2D eigenvalue weighted by Crippen LogP contribution is 2.11. The van der Waals surface area contributed by atoms with Crippen LogP contribution in [-0.4, -0.2) is 23.5 Å². The van der Waals surface area contributed by atoms with Crippen molar-refractivity contribution >= 4 is 22.9 Å². The van der Waals surface area contributed by atoms with Crippen molar-refractivity contribution in [3.05, 3.63) is 12.7 Å². The van der Waals surface area contributed by atoms with E-state index in [1.165, 1.54) is 13.2 Å². The van der Waals surface area contributed by atoms with Crippen LogP contribution in [-0.2, 0) is 9.53 Å². The predicted octanol–water partition coefficient (Wildman–Crippen LogP) is 0.341. The van der Waals surface area contributed by atoms with E-state index in [2.05, 4.69) is 11.3 Å². The lowest BCUT2D eigenvalue weighted by Gasteiger charge is -2.06. The maximum Gasteiger partial charge on any atom is 0.323 e. The number of methoxy groups -OCH3 is 1. The minimum Gasteiger partial charge on any atom is -0.468 e. The molecule has 0 radical (unpaired) electrons. The number of carbonyl (C=O) groups is 1. The standard InChI is InChI=1S/C6H10N2O2S/c1-3-4(5(9)10-2)11-6(7)8/h3-4H,1H2,2H3,(H3,7,8). The lowest BCUT2D eigenvalue weighted by Crippen LogP contribution is -2.20. The summed E-state index contributed by atoms with van der Waals surface area (Å²) in [7, 11) is 1.28. The van der Waals surface area contributed by atoms with Crippen molar-refractivity contribution in [2.24, 2.45) is 5.73 Å². The summed E-state index contributed by atoms with van der Waals surface area (Å²) in [5.41, 5.74) is 5.05. The van der Waals surface area contributed by atoms with Crippen LogP contribution in [0.25, 0.3) is 0 Å². The third-order valence-corrected chi connectivity index (χ3v) is 1.79. The van der Waals surface area contributed by atoms with Gasteiger partial charge in [-0.05, 0) is 0 Å². The van der Waals surface area contributed by atoms with Gasteiger partial charge in [-0.25, -0.2) is 0 Å². The second-order valence-corrected chi connectivity index (χ2v) is 2.84. The maximum absolute atomic E-state index is 10.8. The van der Waals surface area contributed by atoms with E-state index in [-0.39, 0.29) is 5.17 Å². The van der Waals surface area contributed by atoms with Gasteiger partial charge in [-0.2, -0.15) is 0 Å². The Bertz CT molecular complexity index is 181. The molecule has 11 heavy (non-hydrogen) atoms. The van der Waals surface area contributed by atoms with Gasteiger partial charge in [-0.15, -0.1) is 6.58 Å². The quantitative estimate of drug-likeness (QED) is 0.280. The molecule has 0 amide bonds. The molecule has 0 spiro atoms. The molecular weight excluding hydrogens is 164 g/mol. The molecule has 0 aliphatic heterocycles. The Hall–Kier alpha value is -0.970. The third-order valence-electron chi connectivity index (χ3n) is 0.902. The van der Waals surface area contributed by atoms with Crippen LogP contribution in [0.4, 0.5) is 0 Å². The lowest BCUT2D eigenvalue weighted by atomic mass is 10.4. The summed E-state index contributed by atoms with van der Waals surface area (Å²) < 4.78 is 4.42. The molecule has 0 aromatic carbocycles. The van der Waals surface area contributed by atoms with Crippen LogP contribution in [0.1, 0.15) is 0 Å². The monoisotopic (exact) mass is 174 g/mol. The number of nitrogens with one attached hydrogen (secondary N) is 1. The van der Waals surface area contributed by atoms with Crippen molar-refractivity contribution in [3.8, 4) is 0 Å². The molecule has 1 atom stereocenters. The summed E-state index contributed by atoms with van der Waals surface area (Å²) in [6.45, 7) is 3.41. The van der Waals surface area contributed by atoms with E-state index in [9.17, 15) is 4.79 Å². The van der Waals surface area contributed by atoms with Gasteiger partial charge in [-0.3, -0.25) is 10.2 Å². The first-order valence-electron chi connectivity index (χ1n) is 2.83. The topological polar surface area (TPSA) is 76.2 Å². The van der Waals surface area contributed by atoms with Crippen LogP contribution in [0, 0.1) is 5.41 Å². The summed E-state index contributed by atoms with van der Waals surface area (Å²) in [5, 5.41) is 6.19. The Balaban J connectivity index is 4.05. The molecule has 3 N–H and O–H groups in total. The summed E-state index contributed by atoms with van der Waals surface area (Å²) in [5.74, 6) is -0.444. The number of amidine groups is 1. The summed E-state index contributed by atoms with van der Waals surface area (Å²) in [6.07, 6.45) is 1.39. The molecular formula is C6H10N2O2S. The summed E-state index contributed by atoms with van der Waals surface area (Å²) in [4.78, 5) is 10.8. The smallest absolute Gasteiger partial charge is 0.323 e. The zero-order valence-electron chi connectivity index (χ0n) is 6.16. The highest BCUT2D eigenvalue weighted by Gasteiger charge is 2.16. The van der Waals surface area contributed by atoms with E-state index < -0.39 is 11.2 Å². The number of nitrogens with two attached hydrogens (primary N) is 1. The van der Waals surface area contributed by atoms with Gasteiger partial charge in [0.15, 0.2) is 5.17 Å². The van der Waals surface area contributed by atoms with Crippen molar-refractivity contribution in [2.45, 2.75) is 5.25 Å². The van der Waals surface area contributed by atoms with Crippen LogP contribution >= 0.6 is 11.8 Å². The van der Waals surface area contributed by atoms with Crippen LogP contribution in [0.3, 0.4) is 0 Å². The van der Waals surface area contributed by atoms with Gasteiger partial charge >= 0.3 is 5.97 Å². The second kappa shape index (κ2) is 4.79. The molecule has 0 aromatic rings. The van der Waals surface area contributed by atoms with Gasteiger partial charge in [0.1, 0.15) is 5.25 Å². The van der Waals surface area contributed by atoms with E-state index in [1.54, 1.807) is 0 Å². The average Bonchev–Trinajstić information content (AvgIpc) is 1.98. The molecule has 0 saturated carbocycles. The Morgan fingerprint density at radius 2 is 2.45 bits per heavy atom. The number of esters is 1. The molecule has 0 saturated heterocycles. The Morgan fingerprint density at radius 3 is 2.73 bits per heavy atom. The van der Waals surface area contributed by atoms with E-state index in [0.29, 0.717) is 0 Å². The van der Waals surface area contributed by atoms with Gasteiger partial charge in [0, 0.05) is 0 Å². The molecule has 0 bridgehead atoms. The Labute approximate surface area is 69.3 Å². The first kappa shape index (κ1) is 10.0. The molecule has 0 aromatic heterocycles. The third kappa shape index (κ3) is 3.67. The molecule has 1 unspecified atom stereocenters. The number of thioether (sulfide) groups is 1. The first-order valence-corrected chi connectivity index (χ1v) is 3.70. The summed E-state index contributed by atoms with van der Waals surface area (Å²) in [6, 6.07) is 0. The van der Waals surface area contributed by atoms with Crippen LogP contribution in [0.5, 0.6) is 0 Å². The average molecular weight is 174 g/mol. The lowest BCUT2D eigenvalue weighted by molar-refractivity contribution is -0.139. The van der Waals surface area contributed by atoms with E-state index in [0.717, 1.165) is 11.8 Å². The van der Waals surface area contributed by atoms with Crippen molar-refractivity contribution in [1.29, 1.82) is 5.41 Å². The highest BCUT2D eigenvalue weighted by molar-refractivity contribution is 8.14. The van der Waals surface area contributed by atoms with Gasteiger partial charge in [0.2, 0.25) is 0 Å². The molecule has 0 fully saturated rings. The van der Waals surface area contributed by atoms with Crippen molar-refractivity contribution in [1.82, 2.24) is 0 Å². The Morgan fingerprint density at radius 1 is 1.91 bits per heavy atom. The normalized spacial score (nSPS) is 11.7. The minimum absolute atomic E-state index is 0.125. The number of hydrogen-bond acceptors (Lipinski definition) is 4. The SMILES string of the molecule is C=CC(SC(=N)N)C(=O)OC. The van der Waals surface area contributed by atoms with Crippen LogP contribution in [0.2, 0.25) is 0 Å². The summed E-state index contributed by atoms with van der Waals surface area (Å²) >= 11 is 0.901. The van der Waals surface area contributed by atoms with Crippen molar-refractivity contribution in [3.63, 3.8) is 0 Å². The Kier molecular flexibility index (Phi) is 4.36. The largest absolute Gasteiger partial charge is 0.468 e. The predicted molar refractivity (Wildman–Crippen MR) is 45.5 cm³/mol. The number of ether oxygens (including phenoxy) is 1. The fourth-order valence-corrected chi connectivity index (χ4v) is 1.01. The molecule has 0 aliphatic rings. The van der Waals surface area contributed by atoms with Crippen molar-refractivity contribution < 1.29 is 9.53 Å². The van der Waals surface area contributed by atoms with E-state index in [4.69, 9.17) is 11.1 Å². The maximum atomic E-state index is 10.8. The number of carbonyl (C=O) groups excluding carboxylic acids is 1. The molecule has 4 nitrogen and oxygen atoms in total. The first-order chi connectivity index (χ1) is 5.11. The van der Waals surface area contributed by atoms with Crippen LogP contribution < -0.4 is 5.73 Å². The van der Waals surface area contributed by atoms with Gasteiger partial charge in [0.05, 0.1) is 7.11 Å². The number of rotatable bonds is 3. The molecule has 62 valence electrons. The van der Waals surface area contributed by atoms with Gasteiger partial charge in [0.25, 0.3) is 0 Å². The number of hydrogen-bond donors (Lipinski definition) is 2.